The predicted molar refractivity (Wildman–Crippen MR) is 182 cm³/mol. The van der Waals surface area contributed by atoms with Gasteiger partial charge < -0.3 is 0 Å². The molecular formula is C41H27N3. The number of benzene rings is 7. The van der Waals surface area contributed by atoms with Crippen LogP contribution in [0.4, 0.5) is 0 Å². The highest BCUT2D eigenvalue weighted by Gasteiger charge is 2.15. The summed E-state index contributed by atoms with van der Waals surface area (Å²) in [5.41, 5.74) is 7.58. The van der Waals surface area contributed by atoms with Crippen LogP contribution < -0.4 is 0 Å². The Bertz CT molecular complexity index is 2240. The minimum atomic E-state index is 0.648. The van der Waals surface area contributed by atoms with Crippen LogP contribution in [-0.4, -0.2) is 15.0 Å². The molecule has 0 saturated carbocycles. The Balaban J connectivity index is 1.25. The van der Waals surface area contributed by atoms with Gasteiger partial charge in [0.15, 0.2) is 17.5 Å². The fourth-order valence-corrected chi connectivity index (χ4v) is 5.89. The van der Waals surface area contributed by atoms with Gasteiger partial charge in [0.2, 0.25) is 0 Å². The fraction of sp³-hybridized carbons (Fsp3) is 0. The van der Waals surface area contributed by atoms with Crippen molar-refractivity contribution >= 4 is 21.5 Å². The van der Waals surface area contributed by atoms with Crippen molar-refractivity contribution < 1.29 is 0 Å². The molecule has 0 fully saturated rings. The number of fused-ring (bicyclic) bond motifs is 2. The van der Waals surface area contributed by atoms with E-state index in [9.17, 15) is 0 Å². The quantitative estimate of drug-likeness (QED) is 0.210. The van der Waals surface area contributed by atoms with Gasteiger partial charge in [-0.1, -0.05) is 164 Å². The molecule has 0 radical (unpaired) electrons. The summed E-state index contributed by atoms with van der Waals surface area (Å²) < 4.78 is 0. The van der Waals surface area contributed by atoms with E-state index in [1.54, 1.807) is 0 Å². The first-order valence-electron chi connectivity index (χ1n) is 14.8. The van der Waals surface area contributed by atoms with E-state index in [1.165, 1.54) is 21.9 Å². The molecule has 3 nitrogen and oxygen atoms in total. The molecule has 0 N–H and O–H groups in total. The first kappa shape index (κ1) is 25.8. The molecule has 8 aromatic rings. The maximum Gasteiger partial charge on any atom is 0.164 e. The molecule has 1 aromatic heterocycles. The van der Waals surface area contributed by atoms with Crippen LogP contribution in [0.1, 0.15) is 0 Å². The molecule has 7 aromatic carbocycles. The zero-order valence-electron chi connectivity index (χ0n) is 23.9. The number of nitrogens with zero attached hydrogens (tertiary/aromatic N) is 3. The minimum Gasteiger partial charge on any atom is -0.208 e. The number of rotatable bonds is 5. The second kappa shape index (κ2) is 11.0. The molecule has 0 bridgehead atoms. The summed E-state index contributed by atoms with van der Waals surface area (Å²) >= 11 is 0. The van der Waals surface area contributed by atoms with E-state index in [0.29, 0.717) is 17.5 Å². The molecule has 0 spiro atoms. The molecule has 0 amide bonds. The maximum atomic E-state index is 5.04. The third kappa shape index (κ3) is 4.81. The molecule has 0 unspecified atom stereocenters. The Morgan fingerprint density at radius 2 is 0.659 bits per heavy atom. The predicted octanol–water partition coefficient (Wildman–Crippen LogP) is 10.5. The Hall–Kier alpha value is -5.93. The standard InChI is InChI=1S/C41H27N3/c1-2-10-28(11-3-1)29-20-24-33(25-21-29)39-42-40(44-41(43-39)38-19-9-15-31-13-5-7-17-37(31)38)34-26-22-32(23-27-34)36-18-8-14-30-12-4-6-16-35(30)36/h1-27H. The topological polar surface area (TPSA) is 38.7 Å². The summed E-state index contributed by atoms with van der Waals surface area (Å²) in [4.78, 5) is 15.1. The smallest absolute Gasteiger partial charge is 0.164 e. The average Bonchev–Trinajstić information content (AvgIpc) is 3.11. The zero-order chi connectivity index (χ0) is 29.3. The van der Waals surface area contributed by atoms with E-state index in [4.69, 9.17) is 15.0 Å². The molecule has 0 aliphatic rings. The van der Waals surface area contributed by atoms with E-state index in [1.807, 2.05) is 6.07 Å². The van der Waals surface area contributed by atoms with E-state index >= 15 is 0 Å². The van der Waals surface area contributed by atoms with Crippen molar-refractivity contribution in [2.24, 2.45) is 0 Å². The van der Waals surface area contributed by atoms with Crippen LogP contribution in [0.5, 0.6) is 0 Å². The molecule has 206 valence electrons. The van der Waals surface area contributed by atoms with Crippen LogP contribution in [0.3, 0.4) is 0 Å². The Morgan fingerprint density at radius 3 is 1.27 bits per heavy atom. The lowest BCUT2D eigenvalue weighted by Crippen LogP contribution is -2.00. The van der Waals surface area contributed by atoms with E-state index in [0.717, 1.165) is 38.6 Å². The van der Waals surface area contributed by atoms with Crippen molar-refractivity contribution in [3.8, 4) is 56.4 Å². The highest BCUT2D eigenvalue weighted by atomic mass is 15.0. The second-order valence-corrected chi connectivity index (χ2v) is 10.9. The lowest BCUT2D eigenvalue weighted by atomic mass is 9.97. The minimum absolute atomic E-state index is 0.648. The van der Waals surface area contributed by atoms with Gasteiger partial charge in [0.05, 0.1) is 0 Å². The van der Waals surface area contributed by atoms with Gasteiger partial charge in [0.1, 0.15) is 0 Å². The number of aromatic nitrogens is 3. The van der Waals surface area contributed by atoms with Crippen LogP contribution in [0.2, 0.25) is 0 Å². The monoisotopic (exact) mass is 561 g/mol. The average molecular weight is 562 g/mol. The Morgan fingerprint density at radius 1 is 0.250 bits per heavy atom. The van der Waals surface area contributed by atoms with E-state index < -0.39 is 0 Å². The van der Waals surface area contributed by atoms with Crippen LogP contribution in [0.15, 0.2) is 164 Å². The molecule has 0 atom stereocenters. The van der Waals surface area contributed by atoms with Crippen LogP contribution in [0, 0.1) is 0 Å². The highest BCUT2D eigenvalue weighted by Crippen LogP contribution is 2.33. The lowest BCUT2D eigenvalue weighted by Gasteiger charge is -2.11. The summed E-state index contributed by atoms with van der Waals surface area (Å²) in [6, 6.07) is 57.0. The molecule has 0 saturated heterocycles. The van der Waals surface area contributed by atoms with Crippen molar-refractivity contribution in [2.45, 2.75) is 0 Å². The van der Waals surface area contributed by atoms with E-state index in [-0.39, 0.29) is 0 Å². The van der Waals surface area contributed by atoms with Gasteiger partial charge in [0.25, 0.3) is 0 Å². The molecule has 1 heterocycles. The van der Waals surface area contributed by atoms with Crippen molar-refractivity contribution in [1.29, 1.82) is 0 Å². The van der Waals surface area contributed by atoms with E-state index in [2.05, 4.69) is 158 Å². The van der Waals surface area contributed by atoms with Gasteiger partial charge in [-0.3, -0.25) is 0 Å². The third-order valence-corrected chi connectivity index (χ3v) is 8.16. The largest absolute Gasteiger partial charge is 0.208 e. The fourth-order valence-electron chi connectivity index (χ4n) is 5.89. The first-order chi connectivity index (χ1) is 21.8. The summed E-state index contributed by atoms with van der Waals surface area (Å²) in [7, 11) is 0. The van der Waals surface area contributed by atoms with Crippen LogP contribution >= 0.6 is 0 Å². The van der Waals surface area contributed by atoms with Gasteiger partial charge in [0, 0.05) is 16.7 Å². The van der Waals surface area contributed by atoms with Gasteiger partial charge in [-0.15, -0.1) is 0 Å². The van der Waals surface area contributed by atoms with Crippen LogP contribution in [0.25, 0.3) is 78.0 Å². The molecule has 8 rings (SSSR count). The summed E-state index contributed by atoms with van der Waals surface area (Å²) in [6.07, 6.45) is 0. The second-order valence-electron chi connectivity index (χ2n) is 10.9. The van der Waals surface area contributed by atoms with Crippen molar-refractivity contribution in [3.63, 3.8) is 0 Å². The SMILES string of the molecule is c1ccc(-c2ccc(-c3nc(-c4ccc(-c5cccc6ccccc56)cc4)nc(-c4cccc5ccccc45)n3)cc2)cc1. The van der Waals surface area contributed by atoms with Gasteiger partial charge in [-0.2, -0.15) is 0 Å². The molecule has 0 aliphatic heterocycles. The van der Waals surface area contributed by atoms with Crippen LogP contribution in [-0.2, 0) is 0 Å². The molecular weight excluding hydrogens is 534 g/mol. The number of hydrogen-bond donors (Lipinski definition) is 0. The third-order valence-electron chi connectivity index (χ3n) is 8.16. The number of hydrogen-bond acceptors (Lipinski definition) is 3. The van der Waals surface area contributed by atoms with Gasteiger partial charge in [-0.05, 0) is 43.8 Å². The summed E-state index contributed by atoms with van der Waals surface area (Å²) in [5, 5.41) is 4.74. The highest BCUT2D eigenvalue weighted by molar-refractivity contribution is 5.97. The van der Waals surface area contributed by atoms with Gasteiger partial charge >= 0.3 is 0 Å². The Kier molecular flexibility index (Phi) is 6.47. The van der Waals surface area contributed by atoms with Crippen molar-refractivity contribution in [3.05, 3.63) is 164 Å². The maximum absolute atomic E-state index is 5.04. The summed E-state index contributed by atoms with van der Waals surface area (Å²) in [6.45, 7) is 0. The Labute approximate surface area is 256 Å². The van der Waals surface area contributed by atoms with Crippen molar-refractivity contribution in [2.75, 3.05) is 0 Å². The molecule has 44 heavy (non-hydrogen) atoms. The lowest BCUT2D eigenvalue weighted by molar-refractivity contribution is 1.08. The first-order valence-corrected chi connectivity index (χ1v) is 14.8. The van der Waals surface area contributed by atoms with Gasteiger partial charge in [-0.25, -0.2) is 15.0 Å². The summed E-state index contributed by atoms with van der Waals surface area (Å²) in [5.74, 6) is 1.96. The van der Waals surface area contributed by atoms with Crippen molar-refractivity contribution in [1.82, 2.24) is 15.0 Å². The zero-order valence-corrected chi connectivity index (χ0v) is 23.9. The normalized spacial score (nSPS) is 11.2. The molecule has 3 heteroatoms. The molecule has 0 aliphatic carbocycles.